The van der Waals surface area contributed by atoms with E-state index in [0.717, 1.165) is 38.2 Å². The highest BCUT2D eigenvalue weighted by atomic mass is 16.2. The number of amides is 2. The van der Waals surface area contributed by atoms with Gasteiger partial charge in [-0.15, -0.1) is 15.3 Å². The molecule has 1 saturated heterocycles. The maximum atomic E-state index is 12.2. The van der Waals surface area contributed by atoms with Crippen molar-refractivity contribution in [2.45, 2.75) is 26.2 Å². The first-order valence-corrected chi connectivity index (χ1v) is 8.64. The number of piperidine rings is 1. The van der Waals surface area contributed by atoms with E-state index in [1.54, 1.807) is 10.8 Å². The lowest BCUT2D eigenvalue weighted by atomic mass is 9.96. The molecule has 0 aliphatic carbocycles. The van der Waals surface area contributed by atoms with Crippen molar-refractivity contribution in [2.24, 2.45) is 5.92 Å². The minimum Gasteiger partial charge on any atom is -0.355 e. The number of hydrogen-bond acceptors (Lipinski definition) is 6. The van der Waals surface area contributed by atoms with Gasteiger partial charge in [-0.05, 0) is 31.4 Å². The molecule has 9 nitrogen and oxygen atoms in total. The third-order valence-electron chi connectivity index (χ3n) is 4.33. The second kappa shape index (κ2) is 7.91. The van der Waals surface area contributed by atoms with Crippen LogP contribution in [0.1, 0.15) is 26.2 Å². The number of anilines is 1. The van der Waals surface area contributed by atoms with Crippen LogP contribution in [0.5, 0.6) is 0 Å². The van der Waals surface area contributed by atoms with Crippen LogP contribution in [0.2, 0.25) is 0 Å². The van der Waals surface area contributed by atoms with Crippen LogP contribution in [0.3, 0.4) is 0 Å². The Morgan fingerprint density at radius 1 is 1.24 bits per heavy atom. The SMILES string of the molecule is CCCNC(=O)CNC(=O)C1CCN(c2ccc3nncn3n2)CC1. The van der Waals surface area contributed by atoms with E-state index in [4.69, 9.17) is 0 Å². The maximum Gasteiger partial charge on any atom is 0.239 e. The maximum absolute atomic E-state index is 12.2. The number of aromatic nitrogens is 4. The van der Waals surface area contributed by atoms with Crippen molar-refractivity contribution in [3.05, 3.63) is 18.5 Å². The van der Waals surface area contributed by atoms with Gasteiger partial charge in [0.2, 0.25) is 11.8 Å². The van der Waals surface area contributed by atoms with Gasteiger partial charge in [-0.2, -0.15) is 4.52 Å². The summed E-state index contributed by atoms with van der Waals surface area (Å²) >= 11 is 0. The molecule has 0 spiro atoms. The summed E-state index contributed by atoms with van der Waals surface area (Å²) in [7, 11) is 0. The summed E-state index contributed by atoms with van der Waals surface area (Å²) in [6.07, 6.45) is 3.93. The zero-order chi connectivity index (χ0) is 17.6. The van der Waals surface area contributed by atoms with Crippen LogP contribution in [0.15, 0.2) is 18.5 Å². The van der Waals surface area contributed by atoms with Crippen LogP contribution in [0.25, 0.3) is 5.65 Å². The van der Waals surface area contributed by atoms with Gasteiger partial charge in [-0.3, -0.25) is 9.59 Å². The Labute approximate surface area is 145 Å². The summed E-state index contributed by atoms with van der Waals surface area (Å²) in [6.45, 7) is 4.17. The molecule has 0 bridgehead atoms. The number of carbonyl (C=O) groups is 2. The molecule has 0 aromatic carbocycles. The second-order valence-corrected chi connectivity index (χ2v) is 6.15. The molecule has 2 aromatic heterocycles. The standard InChI is InChI=1S/C16H23N7O2/c1-2-7-17-15(24)10-18-16(25)12-5-8-22(9-6-12)14-4-3-13-20-19-11-23(13)21-14/h3-4,11-12H,2,5-10H2,1H3,(H,17,24)(H,18,25). The molecule has 134 valence electrons. The Morgan fingerprint density at radius 3 is 2.80 bits per heavy atom. The normalized spacial score (nSPS) is 15.3. The first-order valence-electron chi connectivity index (χ1n) is 8.64. The Hall–Kier alpha value is -2.71. The summed E-state index contributed by atoms with van der Waals surface area (Å²) in [4.78, 5) is 25.9. The Morgan fingerprint density at radius 2 is 2.04 bits per heavy atom. The van der Waals surface area contributed by atoms with Crippen molar-refractivity contribution in [3.63, 3.8) is 0 Å². The van der Waals surface area contributed by atoms with E-state index in [9.17, 15) is 9.59 Å². The van der Waals surface area contributed by atoms with E-state index >= 15 is 0 Å². The molecule has 1 fully saturated rings. The minimum absolute atomic E-state index is 0.0465. The zero-order valence-corrected chi connectivity index (χ0v) is 14.3. The molecule has 3 rings (SSSR count). The molecule has 9 heteroatoms. The number of carbonyl (C=O) groups excluding carboxylic acids is 2. The van der Waals surface area contributed by atoms with E-state index in [-0.39, 0.29) is 24.3 Å². The summed E-state index contributed by atoms with van der Waals surface area (Å²) in [5.41, 5.74) is 0.708. The highest BCUT2D eigenvalue weighted by Crippen LogP contribution is 2.21. The molecule has 2 aromatic rings. The predicted molar refractivity (Wildman–Crippen MR) is 92.0 cm³/mol. The highest BCUT2D eigenvalue weighted by molar-refractivity contribution is 5.85. The van der Waals surface area contributed by atoms with Crippen LogP contribution in [0.4, 0.5) is 5.82 Å². The lowest BCUT2D eigenvalue weighted by molar-refractivity contribution is -0.129. The van der Waals surface area contributed by atoms with Crippen LogP contribution in [-0.4, -0.2) is 57.8 Å². The summed E-state index contributed by atoms with van der Waals surface area (Å²) in [6, 6.07) is 3.80. The first kappa shape index (κ1) is 17.1. The molecule has 0 atom stereocenters. The third-order valence-corrected chi connectivity index (χ3v) is 4.33. The highest BCUT2D eigenvalue weighted by Gasteiger charge is 2.26. The van der Waals surface area contributed by atoms with Gasteiger partial charge in [0, 0.05) is 25.6 Å². The Kier molecular flexibility index (Phi) is 5.42. The van der Waals surface area contributed by atoms with E-state index in [1.165, 1.54) is 0 Å². The topological polar surface area (TPSA) is 105 Å². The van der Waals surface area contributed by atoms with Crippen molar-refractivity contribution in [1.82, 2.24) is 30.4 Å². The monoisotopic (exact) mass is 345 g/mol. The molecule has 2 amide bonds. The number of hydrogen-bond donors (Lipinski definition) is 2. The summed E-state index contributed by atoms with van der Waals surface area (Å²) in [5, 5.41) is 17.7. The van der Waals surface area contributed by atoms with Crippen LogP contribution in [-0.2, 0) is 9.59 Å². The van der Waals surface area contributed by atoms with Gasteiger partial charge < -0.3 is 15.5 Å². The minimum atomic E-state index is -0.140. The van der Waals surface area contributed by atoms with Gasteiger partial charge in [-0.25, -0.2) is 0 Å². The molecule has 1 aliphatic rings. The summed E-state index contributed by atoms with van der Waals surface area (Å²) in [5.74, 6) is 0.603. The van der Waals surface area contributed by atoms with Gasteiger partial charge >= 0.3 is 0 Å². The Balaban J connectivity index is 1.47. The van der Waals surface area contributed by atoms with Gasteiger partial charge in [0.1, 0.15) is 12.1 Å². The fourth-order valence-electron chi connectivity index (χ4n) is 2.90. The van der Waals surface area contributed by atoms with Crippen molar-refractivity contribution in [1.29, 1.82) is 0 Å². The lowest BCUT2D eigenvalue weighted by Crippen LogP contribution is -2.44. The van der Waals surface area contributed by atoms with E-state index < -0.39 is 0 Å². The fourth-order valence-corrected chi connectivity index (χ4v) is 2.90. The van der Waals surface area contributed by atoms with Crippen LogP contribution >= 0.6 is 0 Å². The molecule has 1 aliphatic heterocycles. The fraction of sp³-hybridized carbons (Fsp3) is 0.562. The van der Waals surface area contributed by atoms with Gasteiger partial charge in [0.15, 0.2) is 5.65 Å². The molecule has 0 unspecified atom stereocenters. The average molecular weight is 345 g/mol. The molecule has 2 N–H and O–H groups in total. The summed E-state index contributed by atoms with van der Waals surface area (Å²) < 4.78 is 1.64. The predicted octanol–water partition coefficient (Wildman–Crippen LogP) is -0.0169. The molecule has 3 heterocycles. The number of nitrogens with one attached hydrogen (secondary N) is 2. The van der Waals surface area contributed by atoms with Crippen molar-refractivity contribution < 1.29 is 9.59 Å². The van der Waals surface area contributed by atoms with Crippen molar-refractivity contribution in [2.75, 3.05) is 31.1 Å². The lowest BCUT2D eigenvalue weighted by Gasteiger charge is -2.31. The van der Waals surface area contributed by atoms with Crippen LogP contribution in [0, 0.1) is 5.92 Å². The van der Waals surface area contributed by atoms with Crippen LogP contribution < -0.4 is 15.5 Å². The second-order valence-electron chi connectivity index (χ2n) is 6.15. The molecule has 0 radical (unpaired) electrons. The van der Waals surface area contributed by atoms with E-state index in [1.807, 2.05) is 19.1 Å². The van der Waals surface area contributed by atoms with E-state index in [0.29, 0.717) is 12.2 Å². The van der Waals surface area contributed by atoms with Gasteiger partial charge in [0.25, 0.3) is 0 Å². The molecular formula is C16H23N7O2. The van der Waals surface area contributed by atoms with Crippen molar-refractivity contribution >= 4 is 23.3 Å². The smallest absolute Gasteiger partial charge is 0.239 e. The van der Waals surface area contributed by atoms with Gasteiger partial charge in [-0.1, -0.05) is 6.92 Å². The van der Waals surface area contributed by atoms with Gasteiger partial charge in [0.05, 0.1) is 6.54 Å². The number of rotatable bonds is 6. The molecule has 25 heavy (non-hydrogen) atoms. The number of nitrogens with zero attached hydrogens (tertiary/aromatic N) is 5. The van der Waals surface area contributed by atoms with E-state index in [2.05, 4.69) is 30.8 Å². The molecule has 0 saturated carbocycles. The largest absolute Gasteiger partial charge is 0.355 e. The Bertz CT molecular complexity index is 737. The number of fused-ring (bicyclic) bond motifs is 1. The average Bonchev–Trinajstić information content (AvgIpc) is 3.12. The quantitative estimate of drug-likeness (QED) is 0.763. The zero-order valence-electron chi connectivity index (χ0n) is 14.3. The first-order chi connectivity index (χ1) is 12.2. The third kappa shape index (κ3) is 4.23. The van der Waals surface area contributed by atoms with Crippen molar-refractivity contribution in [3.8, 4) is 0 Å². The molecular weight excluding hydrogens is 322 g/mol.